The highest BCUT2D eigenvalue weighted by Crippen LogP contribution is 2.13. The summed E-state index contributed by atoms with van der Waals surface area (Å²) in [4.78, 5) is 28.2. The van der Waals surface area contributed by atoms with Gasteiger partial charge in [0.2, 0.25) is 5.91 Å². The predicted molar refractivity (Wildman–Crippen MR) is 99.9 cm³/mol. The van der Waals surface area contributed by atoms with Gasteiger partial charge in [-0.1, -0.05) is 35.9 Å². The molecule has 0 aliphatic carbocycles. The van der Waals surface area contributed by atoms with E-state index in [1.54, 1.807) is 15.9 Å². The molecule has 5 nitrogen and oxygen atoms in total. The Morgan fingerprint density at radius 1 is 0.963 bits per heavy atom. The molecule has 142 valence electrons. The standard InChI is InChI=1S/C21H23FN2O3/c1-16-5-7-17(8-6-16)13-20(25)23-9-11-24(12-10-23)21(26)15-27-19-4-2-3-18(22)14-19/h2-8,14H,9-13,15H2,1H3. The van der Waals surface area contributed by atoms with Gasteiger partial charge >= 0.3 is 0 Å². The van der Waals surface area contributed by atoms with Crippen molar-refractivity contribution in [3.8, 4) is 5.75 Å². The molecule has 0 unspecified atom stereocenters. The average Bonchev–Trinajstić information content (AvgIpc) is 2.68. The maximum absolute atomic E-state index is 13.1. The number of hydrogen-bond acceptors (Lipinski definition) is 3. The van der Waals surface area contributed by atoms with Crippen molar-refractivity contribution >= 4 is 11.8 Å². The molecule has 2 aromatic rings. The Bertz CT molecular complexity index is 799. The highest BCUT2D eigenvalue weighted by atomic mass is 19.1. The van der Waals surface area contributed by atoms with Gasteiger partial charge in [-0.25, -0.2) is 4.39 Å². The van der Waals surface area contributed by atoms with Crippen LogP contribution in [0, 0.1) is 12.7 Å². The monoisotopic (exact) mass is 370 g/mol. The molecule has 0 saturated carbocycles. The molecule has 1 aliphatic heterocycles. The lowest BCUT2D eigenvalue weighted by Crippen LogP contribution is -2.52. The van der Waals surface area contributed by atoms with Crippen LogP contribution in [0.15, 0.2) is 48.5 Å². The second kappa shape index (κ2) is 8.66. The molecule has 2 aromatic carbocycles. The number of ether oxygens (including phenoxy) is 1. The summed E-state index contributed by atoms with van der Waals surface area (Å²) in [6, 6.07) is 13.6. The van der Waals surface area contributed by atoms with Gasteiger partial charge in [0.15, 0.2) is 6.61 Å². The van der Waals surface area contributed by atoms with Crippen molar-refractivity contribution in [2.24, 2.45) is 0 Å². The highest BCUT2D eigenvalue weighted by Gasteiger charge is 2.24. The predicted octanol–water partition coefficient (Wildman–Crippen LogP) is 2.43. The number of hydrogen-bond donors (Lipinski definition) is 0. The van der Waals surface area contributed by atoms with E-state index in [-0.39, 0.29) is 18.4 Å². The Kier molecular flexibility index (Phi) is 6.06. The molecule has 27 heavy (non-hydrogen) atoms. The molecule has 0 bridgehead atoms. The molecule has 0 radical (unpaired) electrons. The Morgan fingerprint density at radius 3 is 2.22 bits per heavy atom. The lowest BCUT2D eigenvalue weighted by atomic mass is 10.1. The molecule has 0 aromatic heterocycles. The second-order valence-corrected chi connectivity index (χ2v) is 6.67. The summed E-state index contributed by atoms with van der Waals surface area (Å²) >= 11 is 0. The highest BCUT2D eigenvalue weighted by molar-refractivity contribution is 5.80. The summed E-state index contributed by atoms with van der Waals surface area (Å²) in [5.41, 5.74) is 2.16. The van der Waals surface area contributed by atoms with Gasteiger partial charge in [0.25, 0.3) is 5.91 Å². The minimum absolute atomic E-state index is 0.0713. The summed E-state index contributed by atoms with van der Waals surface area (Å²) in [6.45, 7) is 3.85. The van der Waals surface area contributed by atoms with E-state index in [9.17, 15) is 14.0 Å². The van der Waals surface area contributed by atoms with Crippen LogP contribution in [0.1, 0.15) is 11.1 Å². The maximum Gasteiger partial charge on any atom is 0.260 e. The van der Waals surface area contributed by atoms with E-state index in [2.05, 4.69) is 0 Å². The van der Waals surface area contributed by atoms with Gasteiger partial charge in [-0.15, -0.1) is 0 Å². The molecule has 6 heteroatoms. The second-order valence-electron chi connectivity index (χ2n) is 6.67. The van der Waals surface area contributed by atoms with Gasteiger partial charge in [-0.3, -0.25) is 9.59 Å². The molecule has 0 spiro atoms. The lowest BCUT2D eigenvalue weighted by molar-refractivity contribution is -0.140. The molecule has 3 rings (SSSR count). The van der Waals surface area contributed by atoms with E-state index < -0.39 is 5.82 Å². The van der Waals surface area contributed by atoms with Crippen molar-refractivity contribution in [1.82, 2.24) is 9.80 Å². The summed E-state index contributed by atoms with van der Waals surface area (Å²) in [5, 5.41) is 0. The summed E-state index contributed by atoms with van der Waals surface area (Å²) in [6.07, 6.45) is 0.372. The maximum atomic E-state index is 13.1. The third-order valence-electron chi connectivity index (χ3n) is 4.62. The molecule has 1 heterocycles. The smallest absolute Gasteiger partial charge is 0.260 e. The number of carbonyl (C=O) groups excluding carboxylic acids is 2. The number of carbonyl (C=O) groups is 2. The van der Waals surface area contributed by atoms with E-state index in [0.29, 0.717) is 38.3 Å². The average molecular weight is 370 g/mol. The molecule has 1 fully saturated rings. The Labute approximate surface area is 158 Å². The van der Waals surface area contributed by atoms with Crippen LogP contribution in [0.5, 0.6) is 5.75 Å². The van der Waals surface area contributed by atoms with Crippen LogP contribution < -0.4 is 4.74 Å². The zero-order valence-electron chi connectivity index (χ0n) is 15.4. The first-order valence-corrected chi connectivity index (χ1v) is 9.01. The first-order chi connectivity index (χ1) is 13.0. The van der Waals surface area contributed by atoms with E-state index in [4.69, 9.17) is 4.74 Å². The Morgan fingerprint density at radius 2 is 1.59 bits per heavy atom. The van der Waals surface area contributed by atoms with Crippen molar-refractivity contribution in [2.75, 3.05) is 32.8 Å². The lowest BCUT2D eigenvalue weighted by Gasteiger charge is -2.34. The molecule has 0 atom stereocenters. The molecule has 2 amide bonds. The zero-order chi connectivity index (χ0) is 19.2. The molecule has 0 N–H and O–H groups in total. The van der Waals surface area contributed by atoms with Crippen LogP contribution in [0.25, 0.3) is 0 Å². The zero-order valence-corrected chi connectivity index (χ0v) is 15.4. The molecular formula is C21H23FN2O3. The first kappa shape index (κ1) is 18.9. The fourth-order valence-electron chi connectivity index (χ4n) is 2.99. The minimum Gasteiger partial charge on any atom is -0.484 e. The SMILES string of the molecule is Cc1ccc(CC(=O)N2CCN(C(=O)COc3cccc(F)c3)CC2)cc1. The van der Waals surface area contributed by atoms with Crippen LogP contribution in [0.3, 0.4) is 0 Å². The number of nitrogens with zero attached hydrogens (tertiary/aromatic N) is 2. The number of amides is 2. The van der Waals surface area contributed by atoms with Crippen LogP contribution in [-0.4, -0.2) is 54.4 Å². The molecular weight excluding hydrogens is 347 g/mol. The van der Waals surface area contributed by atoms with Crippen molar-refractivity contribution < 1.29 is 18.7 Å². The summed E-state index contributed by atoms with van der Waals surface area (Å²) < 4.78 is 18.5. The van der Waals surface area contributed by atoms with Gasteiger partial charge in [0.1, 0.15) is 11.6 Å². The van der Waals surface area contributed by atoms with Crippen molar-refractivity contribution in [2.45, 2.75) is 13.3 Å². The minimum atomic E-state index is -0.402. The number of halogens is 1. The van der Waals surface area contributed by atoms with Gasteiger partial charge in [0, 0.05) is 32.2 Å². The topological polar surface area (TPSA) is 49.9 Å². The van der Waals surface area contributed by atoms with Crippen molar-refractivity contribution in [1.29, 1.82) is 0 Å². The van der Waals surface area contributed by atoms with Crippen molar-refractivity contribution in [3.63, 3.8) is 0 Å². The van der Waals surface area contributed by atoms with Crippen molar-refractivity contribution in [3.05, 3.63) is 65.5 Å². The van der Waals surface area contributed by atoms with E-state index in [1.807, 2.05) is 31.2 Å². The quantitative estimate of drug-likeness (QED) is 0.812. The van der Waals surface area contributed by atoms with Gasteiger partial charge < -0.3 is 14.5 Å². The third kappa shape index (κ3) is 5.29. The Balaban J connectivity index is 1.44. The van der Waals surface area contributed by atoms with Crippen LogP contribution in [0.4, 0.5) is 4.39 Å². The van der Waals surface area contributed by atoms with Crippen LogP contribution in [-0.2, 0) is 16.0 Å². The largest absolute Gasteiger partial charge is 0.484 e. The van der Waals surface area contributed by atoms with Gasteiger partial charge in [0.05, 0.1) is 6.42 Å². The number of rotatable bonds is 5. The van der Waals surface area contributed by atoms with Gasteiger partial charge in [-0.05, 0) is 24.6 Å². The van der Waals surface area contributed by atoms with E-state index >= 15 is 0 Å². The third-order valence-corrected chi connectivity index (χ3v) is 4.62. The molecule has 1 saturated heterocycles. The van der Waals surface area contributed by atoms with E-state index in [1.165, 1.54) is 23.8 Å². The van der Waals surface area contributed by atoms with Gasteiger partial charge in [-0.2, -0.15) is 0 Å². The number of benzene rings is 2. The Hall–Kier alpha value is -2.89. The number of aryl methyl sites for hydroxylation is 1. The first-order valence-electron chi connectivity index (χ1n) is 9.01. The summed E-state index contributed by atoms with van der Waals surface area (Å²) in [5.74, 6) is -0.164. The summed E-state index contributed by atoms with van der Waals surface area (Å²) in [7, 11) is 0. The number of piperazine rings is 1. The molecule has 1 aliphatic rings. The fourth-order valence-corrected chi connectivity index (χ4v) is 2.99. The van der Waals surface area contributed by atoms with E-state index in [0.717, 1.165) is 5.56 Å². The van der Waals surface area contributed by atoms with Crippen LogP contribution >= 0.6 is 0 Å². The normalized spacial score (nSPS) is 14.1. The fraction of sp³-hybridized carbons (Fsp3) is 0.333. The van der Waals surface area contributed by atoms with Crippen LogP contribution in [0.2, 0.25) is 0 Å².